The lowest BCUT2D eigenvalue weighted by atomic mass is 10.4. The van der Waals surface area contributed by atoms with Crippen LogP contribution in [0.15, 0.2) is 23.4 Å². The smallest absolute Gasteiger partial charge is 0.236 e. The lowest BCUT2D eigenvalue weighted by molar-refractivity contribution is -0.113. The number of nitrogens with zero attached hydrogens (tertiary/aromatic N) is 5. The highest BCUT2D eigenvalue weighted by atomic mass is 32.2. The molecule has 0 aliphatic rings. The van der Waals surface area contributed by atoms with Crippen LogP contribution in [0.4, 0.5) is 5.82 Å². The number of aryl methyl sites for hydroxylation is 1. The number of thioether (sulfide) groups is 1. The molecule has 1 N–H and O–H groups in total. The van der Waals surface area contributed by atoms with Gasteiger partial charge in [-0.25, -0.2) is 9.67 Å². The molecule has 2 rings (SSSR count). The molecule has 2 aromatic heterocycles. The quantitative estimate of drug-likeness (QED) is 0.754. The van der Waals surface area contributed by atoms with Crippen molar-refractivity contribution in [3.05, 3.63) is 23.9 Å². The Balaban J connectivity index is 1.85. The summed E-state index contributed by atoms with van der Waals surface area (Å²) in [5, 5.41) is 14.6. The Hall–Kier alpha value is -2.00. The van der Waals surface area contributed by atoms with E-state index in [-0.39, 0.29) is 11.7 Å². The molecule has 0 saturated carbocycles. The van der Waals surface area contributed by atoms with Crippen molar-refractivity contribution in [3.63, 3.8) is 0 Å². The first-order valence-electron chi connectivity index (χ1n) is 6.30. The van der Waals surface area contributed by atoms with Crippen molar-refractivity contribution in [2.45, 2.75) is 18.6 Å². The number of carbonyl (C=O) groups excluding carboxylic acids is 1. The van der Waals surface area contributed by atoms with Crippen LogP contribution in [0.3, 0.4) is 0 Å². The maximum Gasteiger partial charge on any atom is 0.236 e. The van der Waals surface area contributed by atoms with Gasteiger partial charge in [0, 0.05) is 12.8 Å². The summed E-state index contributed by atoms with van der Waals surface area (Å²) in [4.78, 5) is 16.1. The number of nitrogens with one attached hydrogen (secondary N) is 1. The standard InChI is InChI=1S/C12H16N6O2S/c1-9-4-3-5-10(13-9)14-11(19)8-21-12-15-16-17-18(12)6-7-20-2/h3-5H,6-8H2,1-2H3,(H,13,14,19). The number of aromatic nitrogens is 5. The molecule has 2 aromatic rings. The Kier molecular flexibility index (Phi) is 5.64. The molecule has 0 aliphatic carbocycles. The van der Waals surface area contributed by atoms with Gasteiger partial charge < -0.3 is 10.1 Å². The predicted octanol–water partition coefficient (Wildman–Crippen LogP) is 0.754. The van der Waals surface area contributed by atoms with Crippen molar-refractivity contribution in [2.24, 2.45) is 0 Å². The topological polar surface area (TPSA) is 94.8 Å². The number of pyridine rings is 1. The van der Waals surface area contributed by atoms with E-state index in [1.54, 1.807) is 17.9 Å². The van der Waals surface area contributed by atoms with Crippen molar-refractivity contribution >= 4 is 23.5 Å². The van der Waals surface area contributed by atoms with Crippen molar-refractivity contribution in [3.8, 4) is 0 Å². The second-order valence-electron chi connectivity index (χ2n) is 4.18. The van der Waals surface area contributed by atoms with E-state index in [0.29, 0.717) is 24.1 Å². The normalized spacial score (nSPS) is 10.6. The average molecular weight is 308 g/mol. The van der Waals surface area contributed by atoms with E-state index in [2.05, 4.69) is 25.8 Å². The summed E-state index contributed by atoms with van der Waals surface area (Å²) in [6, 6.07) is 5.46. The van der Waals surface area contributed by atoms with Gasteiger partial charge in [-0.2, -0.15) is 0 Å². The number of methoxy groups -OCH3 is 1. The number of anilines is 1. The fourth-order valence-electron chi connectivity index (χ4n) is 1.54. The third kappa shape index (κ3) is 4.80. The van der Waals surface area contributed by atoms with E-state index in [4.69, 9.17) is 4.74 Å². The molecule has 0 spiro atoms. The largest absolute Gasteiger partial charge is 0.383 e. The maximum absolute atomic E-state index is 11.9. The predicted molar refractivity (Wildman–Crippen MR) is 78.0 cm³/mol. The zero-order chi connectivity index (χ0) is 15.1. The van der Waals surface area contributed by atoms with Crippen molar-refractivity contribution in [1.29, 1.82) is 0 Å². The molecule has 21 heavy (non-hydrogen) atoms. The molecule has 2 heterocycles. The van der Waals surface area contributed by atoms with Gasteiger partial charge in [0.05, 0.1) is 18.9 Å². The summed E-state index contributed by atoms with van der Waals surface area (Å²) < 4.78 is 6.58. The van der Waals surface area contributed by atoms with Crippen LogP contribution in [0.1, 0.15) is 5.69 Å². The molecule has 0 bridgehead atoms. The molecule has 0 fully saturated rings. The van der Waals surface area contributed by atoms with Gasteiger partial charge in [0.2, 0.25) is 11.1 Å². The summed E-state index contributed by atoms with van der Waals surface area (Å²) in [7, 11) is 1.61. The Bertz CT molecular complexity index is 603. The molecule has 0 aliphatic heterocycles. The number of hydrogen-bond acceptors (Lipinski definition) is 7. The van der Waals surface area contributed by atoms with E-state index in [1.165, 1.54) is 11.8 Å². The van der Waals surface area contributed by atoms with Crippen LogP contribution in [0.2, 0.25) is 0 Å². The SMILES string of the molecule is COCCn1nnnc1SCC(=O)Nc1cccc(C)n1. The van der Waals surface area contributed by atoms with Crippen LogP contribution < -0.4 is 5.32 Å². The Morgan fingerprint density at radius 3 is 3.10 bits per heavy atom. The number of carbonyl (C=O) groups is 1. The minimum atomic E-state index is -0.153. The average Bonchev–Trinajstić information content (AvgIpc) is 2.90. The monoisotopic (exact) mass is 308 g/mol. The first-order chi connectivity index (χ1) is 10.2. The summed E-state index contributed by atoms with van der Waals surface area (Å²) in [6.07, 6.45) is 0. The second kappa shape index (κ2) is 7.70. The van der Waals surface area contributed by atoms with Gasteiger partial charge in [0.15, 0.2) is 0 Å². The second-order valence-corrected chi connectivity index (χ2v) is 5.12. The van der Waals surface area contributed by atoms with Crippen LogP contribution in [0, 0.1) is 6.92 Å². The molecule has 0 atom stereocenters. The fourth-order valence-corrected chi connectivity index (χ4v) is 2.24. The fraction of sp³-hybridized carbons (Fsp3) is 0.417. The lowest BCUT2D eigenvalue weighted by Gasteiger charge is -2.05. The van der Waals surface area contributed by atoms with Crippen LogP contribution in [-0.4, -0.2) is 50.6 Å². The summed E-state index contributed by atoms with van der Waals surface area (Å²) >= 11 is 1.27. The van der Waals surface area contributed by atoms with Gasteiger partial charge in [-0.15, -0.1) is 5.10 Å². The first-order valence-corrected chi connectivity index (χ1v) is 7.29. The molecule has 0 unspecified atom stereocenters. The van der Waals surface area contributed by atoms with E-state index in [0.717, 1.165) is 5.69 Å². The van der Waals surface area contributed by atoms with E-state index in [1.807, 2.05) is 19.1 Å². The minimum absolute atomic E-state index is 0.153. The van der Waals surface area contributed by atoms with Gasteiger partial charge in [-0.05, 0) is 29.5 Å². The molecule has 9 heteroatoms. The number of tetrazole rings is 1. The number of ether oxygens (including phenoxy) is 1. The van der Waals surface area contributed by atoms with Crippen LogP contribution in [-0.2, 0) is 16.1 Å². The third-order valence-corrected chi connectivity index (χ3v) is 3.45. The van der Waals surface area contributed by atoms with Gasteiger partial charge >= 0.3 is 0 Å². The zero-order valence-electron chi connectivity index (χ0n) is 11.8. The van der Waals surface area contributed by atoms with E-state index < -0.39 is 0 Å². The molecule has 1 amide bonds. The molecule has 0 radical (unpaired) electrons. The Morgan fingerprint density at radius 2 is 2.33 bits per heavy atom. The number of hydrogen-bond donors (Lipinski definition) is 1. The molecular formula is C12H16N6O2S. The number of amides is 1. The van der Waals surface area contributed by atoms with Gasteiger partial charge in [-0.3, -0.25) is 4.79 Å². The van der Waals surface area contributed by atoms with Gasteiger partial charge in [-0.1, -0.05) is 17.8 Å². The first kappa shape index (κ1) is 15.4. The van der Waals surface area contributed by atoms with Crippen molar-refractivity contribution < 1.29 is 9.53 Å². The van der Waals surface area contributed by atoms with E-state index >= 15 is 0 Å². The van der Waals surface area contributed by atoms with Crippen molar-refractivity contribution in [1.82, 2.24) is 25.2 Å². The zero-order valence-corrected chi connectivity index (χ0v) is 12.6. The molecule has 0 saturated heterocycles. The summed E-state index contributed by atoms with van der Waals surface area (Å²) in [5.41, 5.74) is 0.851. The maximum atomic E-state index is 11.9. The molecule has 0 aromatic carbocycles. The molecular weight excluding hydrogens is 292 g/mol. The Morgan fingerprint density at radius 1 is 1.48 bits per heavy atom. The highest BCUT2D eigenvalue weighted by Crippen LogP contribution is 2.14. The third-order valence-electron chi connectivity index (χ3n) is 2.49. The highest BCUT2D eigenvalue weighted by Gasteiger charge is 2.10. The lowest BCUT2D eigenvalue weighted by Crippen LogP contribution is -2.16. The molecule has 112 valence electrons. The minimum Gasteiger partial charge on any atom is -0.383 e. The highest BCUT2D eigenvalue weighted by molar-refractivity contribution is 7.99. The van der Waals surface area contributed by atoms with Crippen LogP contribution in [0.25, 0.3) is 0 Å². The van der Waals surface area contributed by atoms with E-state index in [9.17, 15) is 4.79 Å². The summed E-state index contributed by atoms with van der Waals surface area (Å²) in [6.45, 7) is 2.93. The van der Waals surface area contributed by atoms with Gasteiger partial charge in [0.1, 0.15) is 5.82 Å². The van der Waals surface area contributed by atoms with Crippen molar-refractivity contribution in [2.75, 3.05) is 24.8 Å². The van der Waals surface area contributed by atoms with Gasteiger partial charge in [0.25, 0.3) is 0 Å². The summed E-state index contributed by atoms with van der Waals surface area (Å²) in [5.74, 6) is 0.599. The number of rotatable bonds is 7. The van der Waals surface area contributed by atoms with Crippen LogP contribution >= 0.6 is 11.8 Å². The molecule has 8 nitrogen and oxygen atoms in total. The Labute approximate surface area is 126 Å². The van der Waals surface area contributed by atoms with Crippen LogP contribution in [0.5, 0.6) is 0 Å².